The van der Waals surface area contributed by atoms with Crippen LogP contribution in [0.3, 0.4) is 0 Å². The number of nitrogens with zero attached hydrogens (tertiary/aromatic N) is 1. The average Bonchev–Trinajstić information content (AvgIpc) is 3.71. The lowest BCUT2D eigenvalue weighted by molar-refractivity contribution is 0.0948. The highest BCUT2D eigenvalue weighted by atomic mass is 32.2. The van der Waals surface area contributed by atoms with Gasteiger partial charge in [0, 0.05) is 40.6 Å². The molecule has 7 N–H and O–H groups in total. The third kappa shape index (κ3) is 11.7. The van der Waals surface area contributed by atoms with E-state index < -0.39 is 47.1 Å². The lowest BCUT2D eigenvalue weighted by Crippen LogP contribution is -2.25. The minimum atomic E-state index is -4.67. The number of rotatable bonds is 20. The predicted octanol–water partition coefficient (Wildman–Crippen LogP) is 6.69. The van der Waals surface area contributed by atoms with Gasteiger partial charge in [-0.25, -0.2) is 17.4 Å². The number of thiophene rings is 1. The summed E-state index contributed by atoms with van der Waals surface area (Å²) in [6.45, 7) is 2.22. The molecule has 1 amide bonds. The Morgan fingerprint density at radius 3 is 2.22 bits per heavy atom. The normalized spacial score (nSPS) is 12.2. The summed E-state index contributed by atoms with van der Waals surface area (Å²) in [5, 5.41) is 50.1. The highest BCUT2D eigenvalue weighted by Crippen LogP contribution is 2.44. The first kappa shape index (κ1) is 44.9. The number of nitriles is 1. The lowest BCUT2D eigenvalue weighted by Gasteiger charge is -2.17. The van der Waals surface area contributed by atoms with Gasteiger partial charge in [-0.05, 0) is 105 Å². The second kappa shape index (κ2) is 19.7. The van der Waals surface area contributed by atoms with E-state index in [1.54, 1.807) is 31.2 Å². The molecule has 60 heavy (non-hydrogen) atoms. The average molecular weight is 884 g/mol. The van der Waals surface area contributed by atoms with Gasteiger partial charge in [-0.3, -0.25) is 9.59 Å². The molecular weight excluding hydrogens is 845 g/mol. The summed E-state index contributed by atoms with van der Waals surface area (Å²) < 4.78 is 72.0. The number of Topliss-reactive ketones (excluding diaryl/α,β-unsaturated/α-hetero) is 1. The van der Waals surface area contributed by atoms with Crippen molar-refractivity contribution >= 4 is 40.6 Å². The maximum atomic E-state index is 14.0. The molecule has 4 aromatic carbocycles. The van der Waals surface area contributed by atoms with Crippen molar-refractivity contribution in [2.75, 3.05) is 26.0 Å². The summed E-state index contributed by atoms with van der Waals surface area (Å²) >= 11 is 0.864. The zero-order valence-corrected chi connectivity index (χ0v) is 34.3. The minimum Gasteiger partial charge on any atom is -0.504 e. The Balaban J connectivity index is 1.25. The largest absolute Gasteiger partial charge is 0.504 e. The lowest BCUT2D eigenvalue weighted by atomic mass is 10.0. The predicted molar refractivity (Wildman–Crippen MR) is 217 cm³/mol. The van der Waals surface area contributed by atoms with Crippen molar-refractivity contribution < 1.29 is 66.3 Å². The number of carbonyl (C=O) groups excluding carboxylic acids is 2. The Bertz CT molecular complexity index is 2600. The van der Waals surface area contributed by atoms with E-state index in [2.05, 4.69) is 5.32 Å². The van der Waals surface area contributed by atoms with Crippen LogP contribution < -0.4 is 24.0 Å². The molecule has 0 saturated heterocycles. The van der Waals surface area contributed by atoms with Crippen molar-refractivity contribution in [3.63, 3.8) is 0 Å². The fourth-order valence-corrected chi connectivity index (χ4v) is 9.47. The molecule has 0 aliphatic carbocycles. The number of ether oxygens (including phenoxy) is 2. The van der Waals surface area contributed by atoms with Gasteiger partial charge < -0.3 is 44.6 Å². The van der Waals surface area contributed by atoms with Gasteiger partial charge in [0.15, 0.2) is 40.3 Å². The van der Waals surface area contributed by atoms with Crippen molar-refractivity contribution in [3.8, 4) is 56.8 Å². The molecule has 0 aliphatic heterocycles. The Morgan fingerprint density at radius 2 is 1.53 bits per heavy atom. The first-order valence-electron chi connectivity index (χ1n) is 18.0. The van der Waals surface area contributed by atoms with Crippen molar-refractivity contribution in [1.29, 1.82) is 5.26 Å². The van der Waals surface area contributed by atoms with E-state index >= 15 is 0 Å². The number of hydrogen-bond acceptors (Lipinski definition) is 14. The number of hydrogen-bond donors (Lipinski definition) is 7. The molecule has 316 valence electrons. The number of ketones is 1. The van der Waals surface area contributed by atoms with Crippen molar-refractivity contribution in [3.05, 3.63) is 107 Å². The van der Waals surface area contributed by atoms with E-state index in [1.165, 1.54) is 36.4 Å². The number of phenols is 4. The van der Waals surface area contributed by atoms with Gasteiger partial charge in [-0.2, -0.15) is 9.98 Å². The number of benzene rings is 4. The molecule has 0 bridgehead atoms. The van der Waals surface area contributed by atoms with Crippen LogP contribution in [-0.4, -0.2) is 71.5 Å². The highest BCUT2D eigenvalue weighted by Gasteiger charge is 2.27. The number of phenolic OH excluding ortho intramolecular Hbond substituents is 4. The van der Waals surface area contributed by atoms with Crippen LogP contribution in [-0.2, 0) is 14.6 Å². The Kier molecular flexibility index (Phi) is 14.8. The zero-order valence-electron chi connectivity index (χ0n) is 31.8. The van der Waals surface area contributed by atoms with Crippen LogP contribution in [0.25, 0.3) is 10.4 Å². The molecule has 1 atom stereocenters. The number of halogens is 1. The fourth-order valence-electron chi connectivity index (χ4n) is 5.54. The third-order valence-electron chi connectivity index (χ3n) is 8.69. The van der Waals surface area contributed by atoms with Crippen LogP contribution in [0, 0.1) is 24.1 Å². The van der Waals surface area contributed by atoms with E-state index in [0.717, 1.165) is 35.6 Å². The van der Waals surface area contributed by atoms with Crippen molar-refractivity contribution in [1.82, 2.24) is 10.0 Å². The molecule has 0 radical (unpaired) electrons. The van der Waals surface area contributed by atoms with Crippen LogP contribution in [0.1, 0.15) is 57.5 Å². The molecule has 16 nitrogen and oxygen atoms in total. The maximum Gasteiger partial charge on any atom is 0.391 e. The summed E-state index contributed by atoms with van der Waals surface area (Å²) in [6, 6.07) is 18.2. The van der Waals surface area contributed by atoms with Crippen LogP contribution in [0.4, 0.5) is 4.39 Å². The Labute approximate surface area is 347 Å². The minimum absolute atomic E-state index is 0.135. The van der Waals surface area contributed by atoms with Gasteiger partial charge >= 0.3 is 7.60 Å². The monoisotopic (exact) mass is 883 g/mol. The Hall–Kier alpha value is -6.16. The van der Waals surface area contributed by atoms with Gasteiger partial charge in [0.2, 0.25) is 0 Å². The summed E-state index contributed by atoms with van der Waals surface area (Å²) in [7, 11) is -9.01. The second-order valence-electron chi connectivity index (χ2n) is 13.1. The molecule has 1 unspecified atom stereocenters. The van der Waals surface area contributed by atoms with Gasteiger partial charge in [-0.15, -0.1) is 11.3 Å². The molecule has 5 aromatic rings. The second-order valence-corrected chi connectivity index (χ2v) is 17.9. The molecule has 1 heterocycles. The first-order chi connectivity index (χ1) is 28.5. The van der Waals surface area contributed by atoms with Crippen molar-refractivity contribution in [2.24, 2.45) is 0 Å². The van der Waals surface area contributed by atoms with E-state index in [0.29, 0.717) is 46.8 Å². The quantitative estimate of drug-likeness (QED) is 0.0186. The van der Waals surface area contributed by atoms with Crippen molar-refractivity contribution in [2.45, 2.75) is 36.8 Å². The van der Waals surface area contributed by atoms with Crippen LogP contribution >= 0.6 is 18.9 Å². The molecule has 0 spiro atoms. The molecule has 1 aromatic heterocycles. The number of aromatic hydroxyl groups is 4. The van der Waals surface area contributed by atoms with Gasteiger partial charge in [0.1, 0.15) is 28.1 Å². The SMILES string of the molecule is Cc1c(-c2ccc(S(=O)(=O)NCP(=O)(O)Oc3ccc(C#N)c(F)c3)s2)ccc(OCCCNC(=O)c2ccc(O)c(O)c2)c1OCCCCC(=O)c1ccc(O)c(O)c1. The van der Waals surface area contributed by atoms with E-state index in [-0.39, 0.29) is 70.1 Å². The standard InChI is InChI=1S/C40H39FN3O13PS2/c1-24-29(37-14-15-38(59-37)60(53,54)44-23-58(51,52)57-28-9-6-27(22-42)30(41)21-28)10-13-36(55-18-4-16-43-40(50)26-8-12-33(47)35(49)20-26)39(24)56-17-3-2-5-31(45)25-7-11-32(46)34(48)19-25/h6-15,19-21,44,46-49H,2-5,16-18,23H2,1H3,(H,43,50)(H,51,52). The fraction of sp³-hybridized carbons (Fsp3) is 0.225. The molecular formula is C40H39FN3O13PS2. The van der Waals surface area contributed by atoms with Gasteiger partial charge in [0.05, 0.1) is 18.8 Å². The molecule has 0 aliphatic rings. The van der Waals surface area contributed by atoms with Crippen LogP contribution in [0.15, 0.2) is 83.1 Å². The van der Waals surface area contributed by atoms with Crippen LogP contribution in [0.5, 0.6) is 40.2 Å². The summed E-state index contributed by atoms with van der Waals surface area (Å²) in [5.74, 6) is -2.93. The number of sulfonamides is 1. The third-order valence-corrected chi connectivity index (χ3v) is 13.0. The zero-order chi connectivity index (χ0) is 43.6. The van der Waals surface area contributed by atoms with E-state index in [1.807, 2.05) is 4.72 Å². The number of carbonyl (C=O) groups is 2. The maximum absolute atomic E-state index is 14.0. The van der Waals surface area contributed by atoms with Gasteiger partial charge in [0.25, 0.3) is 15.9 Å². The number of nitrogens with one attached hydrogen (secondary N) is 2. The topological polar surface area (TPSA) is 262 Å². The molecule has 5 rings (SSSR count). The van der Waals surface area contributed by atoms with E-state index in [4.69, 9.17) is 19.3 Å². The van der Waals surface area contributed by atoms with E-state index in [9.17, 15) is 52.3 Å². The molecule has 0 saturated carbocycles. The summed E-state index contributed by atoms with van der Waals surface area (Å²) in [4.78, 5) is 35.9. The molecule has 20 heteroatoms. The summed E-state index contributed by atoms with van der Waals surface area (Å²) in [5.41, 5.74) is 1.23. The number of unbranched alkanes of at least 4 members (excludes halogenated alkanes) is 1. The number of amides is 1. The summed E-state index contributed by atoms with van der Waals surface area (Å²) in [6.07, 6.45) is 0.310. The van der Waals surface area contributed by atoms with Crippen LogP contribution in [0.2, 0.25) is 0 Å². The molecule has 0 fully saturated rings. The van der Waals surface area contributed by atoms with Gasteiger partial charge in [-0.1, -0.05) is 0 Å². The first-order valence-corrected chi connectivity index (χ1v) is 22.1. The smallest absolute Gasteiger partial charge is 0.391 e. The Morgan fingerprint density at radius 1 is 0.850 bits per heavy atom. The highest BCUT2D eigenvalue weighted by molar-refractivity contribution is 7.92.